The number of fused-ring (bicyclic) bond motifs is 1. The van der Waals surface area contributed by atoms with Crippen LogP contribution in [-0.2, 0) is 18.6 Å². The smallest absolute Gasteiger partial charge is 0.317 e. The highest BCUT2D eigenvalue weighted by Crippen LogP contribution is 2.38. The molecule has 5 unspecified atom stereocenters. The van der Waals surface area contributed by atoms with Crippen LogP contribution in [0.25, 0.3) is 11.2 Å². The van der Waals surface area contributed by atoms with Gasteiger partial charge < -0.3 is 29.7 Å². The van der Waals surface area contributed by atoms with Crippen molar-refractivity contribution in [2.75, 3.05) is 19.5 Å². The van der Waals surface area contributed by atoms with Crippen molar-refractivity contribution >= 4 is 25.2 Å². The number of aliphatic hydroxyl groups is 1. The van der Waals surface area contributed by atoms with Crippen LogP contribution in [0.4, 0.5) is 5.82 Å². The Labute approximate surface area is 131 Å². The molecule has 1 fully saturated rings. The van der Waals surface area contributed by atoms with E-state index in [1.54, 1.807) is 4.57 Å². The highest BCUT2D eigenvalue weighted by Gasteiger charge is 2.47. The number of aliphatic hydroxyl groups excluding tert-OH is 1. The van der Waals surface area contributed by atoms with Gasteiger partial charge in [-0.3, -0.25) is 9.13 Å². The Morgan fingerprint density at radius 3 is 2.87 bits per heavy atom. The lowest BCUT2D eigenvalue weighted by Gasteiger charge is -2.22. The molecule has 2 aromatic rings. The van der Waals surface area contributed by atoms with Crippen molar-refractivity contribution < 1.29 is 28.6 Å². The van der Waals surface area contributed by atoms with Gasteiger partial charge in [-0.15, -0.1) is 0 Å². The Balaban J connectivity index is 2.00. The monoisotopic (exact) mass is 345 g/mol. The number of hydrogen-bond donors (Lipinski definition) is 3. The molecule has 2 aromatic heterocycles. The minimum atomic E-state index is -3.23. The van der Waals surface area contributed by atoms with E-state index in [2.05, 4.69) is 15.0 Å². The summed E-state index contributed by atoms with van der Waals surface area (Å²) >= 11 is 0. The van der Waals surface area contributed by atoms with Crippen LogP contribution >= 0.6 is 8.25 Å². The fraction of sp³-hybridized carbons (Fsp3) is 0.545. The summed E-state index contributed by atoms with van der Waals surface area (Å²) in [5, 5.41) is 9.43. The molecule has 11 nitrogen and oxygen atoms in total. The van der Waals surface area contributed by atoms with E-state index >= 15 is 0 Å². The Kier molecular flexibility index (Phi) is 4.57. The van der Waals surface area contributed by atoms with E-state index in [-0.39, 0.29) is 5.82 Å². The first-order chi connectivity index (χ1) is 11.1. The van der Waals surface area contributed by atoms with Gasteiger partial charge in [-0.2, -0.15) is 0 Å². The van der Waals surface area contributed by atoms with Gasteiger partial charge in [0.25, 0.3) is 0 Å². The van der Waals surface area contributed by atoms with E-state index in [0.29, 0.717) is 11.2 Å². The van der Waals surface area contributed by atoms with Crippen LogP contribution in [0, 0.1) is 0 Å². The third-order valence-corrected chi connectivity index (χ3v) is 4.11. The summed E-state index contributed by atoms with van der Waals surface area (Å²) < 4.78 is 28.6. The quantitative estimate of drug-likeness (QED) is 0.579. The van der Waals surface area contributed by atoms with Gasteiger partial charge in [-0.25, -0.2) is 15.0 Å². The molecule has 0 saturated carbocycles. The van der Waals surface area contributed by atoms with E-state index in [4.69, 9.17) is 24.6 Å². The van der Waals surface area contributed by atoms with Crippen molar-refractivity contribution in [2.45, 2.75) is 24.5 Å². The summed E-state index contributed by atoms with van der Waals surface area (Å²) in [5.41, 5.74) is 6.56. The number of aromatic nitrogens is 4. The fourth-order valence-electron chi connectivity index (χ4n) is 2.64. The highest BCUT2D eigenvalue weighted by molar-refractivity contribution is 7.32. The lowest BCUT2D eigenvalue weighted by molar-refractivity contribution is -0.0583. The van der Waals surface area contributed by atoms with Crippen LogP contribution in [0.2, 0.25) is 0 Å². The van der Waals surface area contributed by atoms with E-state index in [0.717, 1.165) is 0 Å². The van der Waals surface area contributed by atoms with Crippen LogP contribution in [0.1, 0.15) is 6.23 Å². The van der Waals surface area contributed by atoms with Crippen LogP contribution in [0.15, 0.2) is 12.7 Å². The van der Waals surface area contributed by atoms with Gasteiger partial charge in [-0.1, -0.05) is 0 Å². The molecule has 3 rings (SSSR count). The molecule has 1 aliphatic heterocycles. The molecular weight excluding hydrogens is 329 g/mol. The largest absolute Gasteiger partial charge is 0.394 e. The van der Waals surface area contributed by atoms with Crippen molar-refractivity contribution in [2.24, 2.45) is 0 Å². The number of nitrogens with two attached hydrogens (primary N) is 1. The number of imidazole rings is 1. The lowest BCUT2D eigenvalue weighted by atomic mass is 10.1. The van der Waals surface area contributed by atoms with Crippen molar-refractivity contribution in [3.63, 3.8) is 0 Å². The van der Waals surface area contributed by atoms with Gasteiger partial charge in [0, 0.05) is 7.11 Å². The van der Waals surface area contributed by atoms with Gasteiger partial charge in [0.1, 0.15) is 30.2 Å². The van der Waals surface area contributed by atoms with Crippen molar-refractivity contribution in [3.8, 4) is 0 Å². The Bertz CT molecular complexity index is 726. The van der Waals surface area contributed by atoms with Gasteiger partial charge in [0.15, 0.2) is 17.7 Å². The molecule has 23 heavy (non-hydrogen) atoms. The maximum absolute atomic E-state index is 11.0. The molecule has 12 heteroatoms. The number of nitrogen functional groups attached to an aromatic ring is 1. The first kappa shape index (κ1) is 16.2. The number of methoxy groups -OCH3 is 1. The third kappa shape index (κ3) is 2.82. The maximum Gasteiger partial charge on any atom is 0.317 e. The predicted octanol–water partition coefficient (Wildman–Crippen LogP) is -0.920. The SMILES string of the molecule is COC1C(O[PH](=O)O)C(CO)OC1n1cnc2c(N)ncnc21. The van der Waals surface area contributed by atoms with E-state index in [9.17, 15) is 9.67 Å². The molecule has 3 heterocycles. The Morgan fingerprint density at radius 1 is 1.43 bits per heavy atom. The number of ether oxygens (including phenoxy) is 2. The lowest BCUT2D eigenvalue weighted by Crippen LogP contribution is -2.35. The van der Waals surface area contributed by atoms with E-state index in [1.165, 1.54) is 19.8 Å². The van der Waals surface area contributed by atoms with Gasteiger partial charge in [0.2, 0.25) is 0 Å². The average molecular weight is 345 g/mol. The molecule has 0 radical (unpaired) electrons. The van der Waals surface area contributed by atoms with Crippen LogP contribution < -0.4 is 5.73 Å². The van der Waals surface area contributed by atoms with Gasteiger partial charge in [0.05, 0.1) is 12.9 Å². The topological polar surface area (TPSA) is 155 Å². The molecule has 0 aliphatic carbocycles. The van der Waals surface area contributed by atoms with Crippen LogP contribution in [-0.4, -0.2) is 61.5 Å². The molecule has 0 amide bonds. The van der Waals surface area contributed by atoms with Crippen LogP contribution in [0.3, 0.4) is 0 Å². The maximum atomic E-state index is 11.0. The molecule has 4 N–H and O–H groups in total. The number of anilines is 1. The van der Waals surface area contributed by atoms with Crippen LogP contribution in [0.5, 0.6) is 0 Å². The first-order valence-corrected chi connectivity index (χ1v) is 7.95. The second-order valence-electron chi connectivity index (χ2n) is 4.88. The third-order valence-electron chi connectivity index (χ3n) is 3.64. The summed E-state index contributed by atoms with van der Waals surface area (Å²) in [5.74, 6) is 0.215. The molecule has 1 saturated heterocycles. The Hall–Kier alpha value is -1.62. The average Bonchev–Trinajstić information content (AvgIpc) is 3.08. The van der Waals surface area contributed by atoms with Gasteiger partial charge >= 0.3 is 8.25 Å². The van der Waals surface area contributed by atoms with E-state index in [1.807, 2.05) is 0 Å². The van der Waals surface area contributed by atoms with Gasteiger partial charge in [-0.05, 0) is 0 Å². The summed E-state index contributed by atoms with van der Waals surface area (Å²) in [6.45, 7) is -0.403. The minimum Gasteiger partial charge on any atom is -0.394 e. The summed E-state index contributed by atoms with van der Waals surface area (Å²) in [6.07, 6.45) is -0.516. The zero-order chi connectivity index (χ0) is 16.6. The van der Waals surface area contributed by atoms with Crippen molar-refractivity contribution in [3.05, 3.63) is 12.7 Å². The summed E-state index contributed by atoms with van der Waals surface area (Å²) in [4.78, 5) is 21.2. The molecular formula is C11H16N5O6P. The zero-order valence-electron chi connectivity index (χ0n) is 12.1. The molecule has 1 aliphatic rings. The Morgan fingerprint density at radius 2 is 2.22 bits per heavy atom. The zero-order valence-corrected chi connectivity index (χ0v) is 13.1. The molecule has 5 atom stereocenters. The predicted molar refractivity (Wildman–Crippen MR) is 77.6 cm³/mol. The number of rotatable bonds is 5. The molecule has 0 aromatic carbocycles. The number of nitrogens with zero attached hydrogens (tertiary/aromatic N) is 4. The second kappa shape index (κ2) is 6.48. The molecule has 0 spiro atoms. The van der Waals surface area contributed by atoms with Crippen molar-refractivity contribution in [1.82, 2.24) is 19.5 Å². The highest BCUT2D eigenvalue weighted by atomic mass is 31.1. The second-order valence-corrected chi connectivity index (χ2v) is 5.65. The summed E-state index contributed by atoms with van der Waals surface area (Å²) in [6, 6.07) is 0. The normalized spacial score (nSPS) is 29.2. The molecule has 126 valence electrons. The minimum absolute atomic E-state index is 0.215. The molecule has 0 bridgehead atoms. The number of hydrogen-bond acceptors (Lipinski definition) is 9. The fourth-order valence-corrected chi connectivity index (χ4v) is 3.16. The van der Waals surface area contributed by atoms with E-state index < -0.39 is 39.4 Å². The summed E-state index contributed by atoms with van der Waals surface area (Å²) in [7, 11) is -1.82. The first-order valence-electron chi connectivity index (χ1n) is 6.68. The van der Waals surface area contributed by atoms with Crippen molar-refractivity contribution in [1.29, 1.82) is 0 Å². The standard InChI is InChI=1S/C11H16N5O6P/c1-20-8-7(22-23(18)19)5(2-17)21-11(8)16-4-15-6-9(12)13-3-14-10(6)16/h3-5,7-8,11,17,23H,2H2,1H3,(H,18,19)(H2,12,13,14).